The van der Waals surface area contributed by atoms with E-state index in [1.165, 1.54) is 5.56 Å². The smallest absolute Gasteiger partial charge is 0.248 e. The van der Waals surface area contributed by atoms with Crippen LogP contribution < -0.4 is 0 Å². The van der Waals surface area contributed by atoms with Gasteiger partial charge in [-0.1, -0.05) is 78.0 Å². The first-order valence-electron chi connectivity index (χ1n) is 12.4. The number of allylic oxidation sites excluding steroid dienone is 4. The molecule has 0 N–H and O–H groups in total. The van der Waals surface area contributed by atoms with Crippen LogP contribution in [0, 0.1) is 11.3 Å². The summed E-state index contributed by atoms with van der Waals surface area (Å²) >= 11 is 0. The second kappa shape index (κ2) is 9.01. The van der Waals surface area contributed by atoms with Crippen LogP contribution in [0.15, 0.2) is 75.6 Å². The Labute approximate surface area is 212 Å². The zero-order chi connectivity index (χ0) is 25.5. The Bertz CT molecular complexity index is 1430. The molecular weight excluding hydrogens is 448 g/mol. The van der Waals surface area contributed by atoms with Crippen LogP contribution in [0.1, 0.15) is 59.4 Å². The summed E-state index contributed by atoms with van der Waals surface area (Å²) in [5, 5.41) is 17.1. The van der Waals surface area contributed by atoms with Crippen LogP contribution in [0.5, 0.6) is 0 Å². The van der Waals surface area contributed by atoms with Gasteiger partial charge in [0.1, 0.15) is 0 Å². The molecule has 0 amide bonds. The lowest BCUT2D eigenvalue weighted by molar-refractivity contribution is 0.294. The van der Waals surface area contributed by atoms with Crippen molar-refractivity contribution < 1.29 is 8.83 Å². The highest BCUT2D eigenvalue weighted by Gasteiger charge is 2.24. The van der Waals surface area contributed by atoms with Crippen molar-refractivity contribution in [3.05, 3.63) is 78.2 Å². The van der Waals surface area contributed by atoms with E-state index in [4.69, 9.17) is 8.83 Å². The molecular formula is C30H32N4O2. The van der Waals surface area contributed by atoms with Gasteiger partial charge in [0.15, 0.2) is 0 Å². The molecule has 2 aromatic carbocycles. The van der Waals surface area contributed by atoms with E-state index in [2.05, 4.69) is 92.3 Å². The number of rotatable bonds is 4. The summed E-state index contributed by atoms with van der Waals surface area (Å²) in [6.07, 6.45) is 7.46. The molecule has 6 heteroatoms. The Kier molecular flexibility index (Phi) is 5.99. The van der Waals surface area contributed by atoms with Crippen molar-refractivity contribution in [2.75, 3.05) is 0 Å². The molecule has 184 valence electrons. The zero-order valence-electron chi connectivity index (χ0n) is 21.7. The minimum Gasteiger partial charge on any atom is -0.416 e. The van der Waals surface area contributed by atoms with E-state index in [0.717, 1.165) is 28.7 Å². The normalized spacial score (nSPS) is 16.3. The van der Waals surface area contributed by atoms with Gasteiger partial charge < -0.3 is 8.83 Å². The van der Waals surface area contributed by atoms with Crippen molar-refractivity contribution in [1.29, 1.82) is 0 Å². The number of hydrogen-bond acceptors (Lipinski definition) is 6. The highest BCUT2D eigenvalue weighted by atomic mass is 16.4. The predicted molar refractivity (Wildman–Crippen MR) is 142 cm³/mol. The molecule has 5 rings (SSSR count). The lowest BCUT2D eigenvalue weighted by Gasteiger charge is -2.29. The van der Waals surface area contributed by atoms with Gasteiger partial charge in [-0.15, -0.1) is 20.4 Å². The van der Waals surface area contributed by atoms with Crippen molar-refractivity contribution in [3.63, 3.8) is 0 Å². The Morgan fingerprint density at radius 3 is 1.78 bits per heavy atom. The average molecular weight is 481 g/mol. The SMILES string of the molecule is CC(C)(C)c1ccc(-c2nnc(-c3cccc(-c4nnc(C5=CCC(C(C)(C)C)C=C5)o4)c3)o2)cc1. The van der Waals surface area contributed by atoms with Gasteiger partial charge in [0.2, 0.25) is 23.6 Å². The largest absolute Gasteiger partial charge is 0.416 e. The van der Waals surface area contributed by atoms with Crippen LogP contribution in [-0.4, -0.2) is 20.4 Å². The maximum absolute atomic E-state index is 6.03. The zero-order valence-corrected chi connectivity index (χ0v) is 21.7. The Hall–Kier alpha value is -3.80. The van der Waals surface area contributed by atoms with Crippen LogP contribution in [-0.2, 0) is 5.41 Å². The molecule has 0 fully saturated rings. The Morgan fingerprint density at radius 2 is 1.25 bits per heavy atom. The standard InChI is InChI=1S/C30H32N4O2/c1-29(2,3)23-14-10-19(11-15-23)25-31-33-27(35-25)21-8-7-9-22(18-21)28-34-32-26(36-28)20-12-16-24(17-13-20)30(4,5)6/h7-16,18,24H,17H2,1-6H3. The van der Waals surface area contributed by atoms with Gasteiger partial charge in [-0.05, 0) is 59.1 Å². The van der Waals surface area contributed by atoms with Gasteiger partial charge in [-0.3, -0.25) is 0 Å². The summed E-state index contributed by atoms with van der Waals surface area (Å²) in [4.78, 5) is 0. The number of hydrogen-bond donors (Lipinski definition) is 0. The number of nitrogens with zero attached hydrogens (tertiary/aromatic N) is 4. The van der Waals surface area contributed by atoms with Crippen molar-refractivity contribution in [2.24, 2.45) is 11.3 Å². The Morgan fingerprint density at radius 1 is 0.694 bits per heavy atom. The summed E-state index contributed by atoms with van der Waals surface area (Å²) in [7, 11) is 0. The van der Waals surface area contributed by atoms with Gasteiger partial charge >= 0.3 is 0 Å². The molecule has 0 bridgehead atoms. The fraction of sp³-hybridized carbons (Fsp3) is 0.333. The molecule has 0 radical (unpaired) electrons. The van der Waals surface area contributed by atoms with E-state index < -0.39 is 0 Å². The van der Waals surface area contributed by atoms with E-state index in [0.29, 0.717) is 29.5 Å². The van der Waals surface area contributed by atoms with Crippen LogP contribution in [0.25, 0.3) is 39.9 Å². The van der Waals surface area contributed by atoms with E-state index in [9.17, 15) is 0 Å². The molecule has 1 unspecified atom stereocenters. The average Bonchev–Trinajstić information content (AvgIpc) is 3.54. The van der Waals surface area contributed by atoms with Crippen molar-refractivity contribution in [1.82, 2.24) is 20.4 Å². The fourth-order valence-electron chi connectivity index (χ4n) is 4.23. The first kappa shape index (κ1) is 23.9. The van der Waals surface area contributed by atoms with Crippen LogP contribution >= 0.6 is 0 Å². The lowest BCUT2D eigenvalue weighted by atomic mass is 9.76. The molecule has 2 heterocycles. The minimum absolute atomic E-state index is 0.0895. The molecule has 6 nitrogen and oxygen atoms in total. The summed E-state index contributed by atoms with van der Waals surface area (Å²) in [6.45, 7) is 13.3. The fourth-order valence-corrected chi connectivity index (χ4v) is 4.23. The summed E-state index contributed by atoms with van der Waals surface area (Å²) in [6, 6.07) is 16.0. The van der Waals surface area contributed by atoms with Gasteiger partial charge in [-0.2, -0.15) is 0 Å². The molecule has 1 aliphatic carbocycles. The maximum Gasteiger partial charge on any atom is 0.248 e. The summed E-state index contributed by atoms with van der Waals surface area (Å²) in [5.74, 6) is 2.41. The molecule has 2 aromatic heterocycles. The third-order valence-corrected chi connectivity index (χ3v) is 6.66. The molecule has 1 aliphatic rings. The summed E-state index contributed by atoms with van der Waals surface area (Å²) < 4.78 is 12.0. The topological polar surface area (TPSA) is 77.8 Å². The first-order chi connectivity index (χ1) is 17.1. The van der Waals surface area contributed by atoms with E-state index in [-0.39, 0.29) is 10.8 Å². The lowest BCUT2D eigenvalue weighted by Crippen LogP contribution is -2.19. The third kappa shape index (κ3) is 4.94. The van der Waals surface area contributed by atoms with Gasteiger partial charge in [0, 0.05) is 22.3 Å². The monoisotopic (exact) mass is 480 g/mol. The first-order valence-corrected chi connectivity index (χ1v) is 12.4. The highest BCUT2D eigenvalue weighted by Crippen LogP contribution is 2.36. The second-order valence-corrected chi connectivity index (χ2v) is 11.5. The molecule has 36 heavy (non-hydrogen) atoms. The third-order valence-electron chi connectivity index (χ3n) is 6.66. The summed E-state index contributed by atoms with van der Waals surface area (Å²) in [5.41, 5.74) is 5.02. The quantitative estimate of drug-likeness (QED) is 0.297. The van der Waals surface area contributed by atoms with Gasteiger partial charge in [0.25, 0.3) is 0 Å². The van der Waals surface area contributed by atoms with E-state index in [1.807, 2.05) is 36.4 Å². The van der Waals surface area contributed by atoms with Gasteiger partial charge in [0.05, 0.1) is 0 Å². The second-order valence-electron chi connectivity index (χ2n) is 11.5. The van der Waals surface area contributed by atoms with Crippen LogP contribution in [0.2, 0.25) is 0 Å². The van der Waals surface area contributed by atoms with Crippen LogP contribution in [0.4, 0.5) is 0 Å². The highest BCUT2D eigenvalue weighted by molar-refractivity contribution is 5.71. The van der Waals surface area contributed by atoms with Gasteiger partial charge in [-0.25, -0.2) is 0 Å². The Balaban J connectivity index is 1.35. The van der Waals surface area contributed by atoms with Crippen molar-refractivity contribution >= 4 is 5.57 Å². The maximum atomic E-state index is 6.03. The van der Waals surface area contributed by atoms with E-state index in [1.54, 1.807) is 0 Å². The van der Waals surface area contributed by atoms with Crippen LogP contribution in [0.3, 0.4) is 0 Å². The molecule has 4 aromatic rings. The molecule has 0 aliphatic heterocycles. The molecule has 1 atom stereocenters. The molecule has 0 saturated carbocycles. The predicted octanol–water partition coefficient (Wildman–Crippen LogP) is 7.76. The number of benzene rings is 2. The molecule has 0 spiro atoms. The van der Waals surface area contributed by atoms with Crippen molar-refractivity contribution in [2.45, 2.75) is 53.4 Å². The molecule has 0 saturated heterocycles. The van der Waals surface area contributed by atoms with Crippen molar-refractivity contribution in [3.8, 4) is 34.4 Å². The van der Waals surface area contributed by atoms with E-state index >= 15 is 0 Å². The number of aromatic nitrogens is 4. The minimum atomic E-state index is 0.0895.